The summed E-state index contributed by atoms with van der Waals surface area (Å²) in [5.74, 6) is -8.16. The van der Waals surface area contributed by atoms with Crippen LogP contribution in [0.1, 0.15) is 36.8 Å². The number of nitrogens with zero attached hydrogens (tertiary/aromatic N) is 2. The lowest BCUT2D eigenvalue weighted by Gasteiger charge is -2.27. The molecular formula is C26H25F7N4O3. The van der Waals surface area contributed by atoms with Crippen LogP contribution in [-0.4, -0.2) is 49.0 Å². The third kappa shape index (κ3) is 7.79. The lowest BCUT2D eigenvalue weighted by molar-refractivity contribution is -0.152. The van der Waals surface area contributed by atoms with Crippen molar-refractivity contribution >= 4 is 29.1 Å². The molecule has 1 aliphatic heterocycles. The molecule has 0 unspecified atom stereocenters. The van der Waals surface area contributed by atoms with Crippen LogP contribution in [0.25, 0.3) is 0 Å². The second-order valence-electron chi connectivity index (χ2n) is 9.24. The van der Waals surface area contributed by atoms with Crippen molar-refractivity contribution < 1.29 is 45.1 Å². The quantitative estimate of drug-likeness (QED) is 0.432. The molecule has 0 fully saturated rings. The summed E-state index contributed by atoms with van der Waals surface area (Å²) in [7, 11) is 1.26. The normalized spacial score (nSPS) is 17.4. The number of aliphatic imine (C=N–C) groups is 1. The fourth-order valence-electron chi connectivity index (χ4n) is 4.40. The third-order valence-electron chi connectivity index (χ3n) is 6.39. The molecule has 0 aromatic heterocycles. The van der Waals surface area contributed by atoms with Crippen molar-refractivity contribution in [2.24, 2.45) is 22.6 Å². The van der Waals surface area contributed by atoms with E-state index in [9.17, 15) is 45.1 Å². The van der Waals surface area contributed by atoms with Crippen LogP contribution >= 0.6 is 0 Å². The van der Waals surface area contributed by atoms with Gasteiger partial charge in [0.15, 0.2) is 0 Å². The monoisotopic (exact) mass is 574 g/mol. The number of benzodiazepines with no additional fused rings is 1. The van der Waals surface area contributed by atoms with Crippen LogP contribution in [0.15, 0.2) is 53.5 Å². The molecule has 3 amide bonds. The van der Waals surface area contributed by atoms with E-state index in [0.717, 1.165) is 17.0 Å². The molecule has 1 heterocycles. The van der Waals surface area contributed by atoms with Gasteiger partial charge in [-0.2, -0.15) is 26.3 Å². The average Bonchev–Trinajstić information content (AvgIpc) is 2.95. The van der Waals surface area contributed by atoms with Gasteiger partial charge in [-0.3, -0.25) is 14.4 Å². The Labute approximate surface area is 224 Å². The fourth-order valence-corrected chi connectivity index (χ4v) is 4.40. The van der Waals surface area contributed by atoms with Crippen molar-refractivity contribution in [2.45, 2.75) is 44.2 Å². The molecule has 0 saturated carbocycles. The lowest BCUT2D eigenvalue weighted by Crippen LogP contribution is -2.50. The average molecular weight is 574 g/mol. The number of amides is 3. The van der Waals surface area contributed by atoms with Crippen molar-refractivity contribution in [1.29, 1.82) is 0 Å². The van der Waals surface area contributed by atoms with Crippen LogP contribution in [0, 0.1) is 17.7 Å². The SMILES string of the molecule is CN1C(=O)[C@@H](NC(=O)[C@H](CCC(F)(F)F)[C@H](CCC(F)(F)F)C(N)=O)N=C(c2ccccc2)c2ccc(F)cc21. The Morgan fingerprint density at radius 3 is 2.10 bits per heavy atom. The highest BCUT2D eigenvalue weighted by Gasteiger charge is 2.41. The Hall–Kier alpha value is -3.97. The maximum absolute atomic E-state index is 14.1. The standard InChI is InChI=1S/C26H25F7N4O3/c1-37-19-13-15(27)7-8-18(19)20(14-5-3-2-4-6-14)35-22(24(37)40)36-23(39)17(10-12-26(31,32)33)16(21(34)38)9-11-25(28,29)30/h2-8,13,16-17,22H,9-12H2,1H3,(H2,34,38)(H,36,39)/t16-,17+,22+/m0/s1. The predicted octanol–water partition coefficient (Wildman–Crippen LogP) is 4.48. The summed E-state index contributed by atoms with van der Waals surface area (Å²) in [5, 5.41) is 2.19. The Bertz CT molecular complexity index is 1280. The number of carbonyl (C=O) groups is 3. The van der Waals surface area contributed by atoms with Gasteiger partial charge in [0.25, 0.3) is 5.91 Å². The van der Waals surface area contributed by atoms with E-state index in [1.165, 1.54) is 13.1 Å². The Kier molecular flexibility index (Phi) is 9.21. The molecule has 1 aliphatic rings. The van der Waals surface area contributed by atoms with E-state index in [1.54, 1.807) is 30.3 Å². The number of hydrogen-bond acceptors (Lipinski definition) is 4. The summed E-state index contributed by atoms with van der Waals surface area (Å²) in [6.45, 7) is 0. The number of nitrogens with one attached hydrogen (secondary N) is 1. The molecule has 14 heteroatoms. The van der Waals surface area contributed by atoms with Crippen molar-refractivity contribution in [1.82, 2.24) is 5.32 Å². The number of nitrogens with two attached hydrogens (primary N) is 1. The van der Waals surface area contributed by atoms with Gasteiger partial charge < -0.3 is 16.0 Å². The number of carbonyl (C=O) groups excluding carboxylic acids is 3. The highest BCUT2D eigenvalue weighted by molar-refractivity contribution is 6.20. The highest BCUT2D eigenvalue weighted by Crippen LogP contribution is 2.33. The lowest BCUT2D eigenvalue weighted by atomic mass is 9.83. The van der Waals surface area contributed by atoms with E-state index < -0.39 is 79.6 Å². The minimum Gasteiger partial charge on any atom is -0.369 e. The molecule has 0 spiro atoms. The van der Waals surface area contributed by atoms with E-state index in [0.29, 0.717) is 11.1 Å². The molecule has 0 bridgehead atoms. The number of rotatable bonds is 9. The first-order valence-corrected chi connectivity index (χ1v) is 12.0. The summed E-state index contributed by atoms with van der Waals surface area (Å²) in [5.41, 5.74) is 6.18. The summed E-state index contributed by atoms with van der Waals surface area (Å²) >= 11 is 0. The number of alkyl halides is 6. The molecule has 2 aromatic rings. The van der Waals surface area contributed by atoms with E-state index in [4.69, 9.17) is 5.73 Å². The Morgan fingerprint density at radius 1 is 0.975 bits per heavy atom. The van der Waals surface area contributed by atoms with Gasteiger partial charge in [0.05, 0.1) is 11.4 Å². The molecule has 40 heavy (non-hydrogen) atoms. The van der Waals surface area contributed by atoms with E-state index in [-0.39, 0.29) is 11.4 Å². The molecule has 0 aliphatic carbocycles. The van der Waals surface area contributed by atoms with Gasteiger partial charge in [0.1, 0.15) is 5.82 Å². The molecule has 3 rings (SSSR count). The number of likely N-dealkylation sites (N-methyl/N-ethyl adjacent to an activating group) is 1. The van der Waals surface area contributed by atoms with Gasteiger partial charge in [-0.15, -0.1) is 0 Å². The molecule has 2 aromatic carbocycles. The van der Waals surface area contributed by atoms with E-state index in [2.05, 4.69) is 10.3 Å². The number of halogens is 7. The van der Waals surface area contributed by atoms with Crippen molar-refractivity contribution in [2.75, 3.05) is 11.9 Å². The van der Waals surface area contributed by atoms with Crippen molar-refractivity contribution in [3.63, 3.8) is 0 Å². The first-order chi connectivity index (χ1) is 18.6. The molecular weight excluding hydrogens is 549 g/mol. The number of fused-ring (bicyclic) bond motifs is 1. The Morgan fingerprint density at radius 2 is 1.55 bits per heavy atom. The van der Waals surface area contributed by atoms with Gasteiger partial charge in [0, 0.05) is 42.9 Å². The zero-order valence-electron chi connectivity index (χ0n) is 21.0. The van der Waals surface area contributed by atoms with Crippen LogP contribution < -0.4 is 16.0 Å². The van der Waals surface area contributed by atoms with E-state index in [1.807, 2.05) is 0 Å². The topological polar surface area (TPSA) is 105 Å². The van der Waals surface area contributed by atoms with Crippen LogP contribution in [0.3, 0.4) is 0 Å². The van der Waals surface area contributed by atoms with Crippen LogP contribution in [0.4, 0.5) is 36.4 Å². The van der Waals surface area contributed by atoms with E-state index >= 15 is 0 Å². The molecule has 216 valence electrons. The zero-order chi connectivity index (χ0) is 29.8. The Balaban J connectivity index is 2.03. The minimum atomic E-state index is -4.80. The molecule has 0 saturated heterocycles. The number of benzene rings is 2. The van der Waals surface area contributed by atoms with Gasteiger partial charge >= 0.3 is 12.4 Å². The summed E-state index contributed by atoms with van der Waals surface area (Å²) < 4.78 is 91.8. The third-order valence-corrected chi connectivity index (χ3v) is 6.39. The van der Waals surface area contributed by atoms with Gasteiger partial charge in [-0.05, 0) is 31.0 Å². The van der Waals surface area contributed by atoms with Crippen LogP contribution in [0.2, 0.25) is 0 Å². The van der Waals surface area contributed by atoms with Gasteiger partial charge in [0.2, 0.25) is 18.0 Å². The molecule has 7 nitrogen and oxygen atoms in total. The van der Waals surface area contributed by atoms with Crippen LogP contribution in [0.5, 0.6) is 0 Å². The molecule has 0 radical (unpaired) electrons. The predicted molar refractivity (Wildman–Crippen MR) is 131 cm³/mol. The molecule has 3 atom stereocenters. The summed E-state index contributed by atoms with van der Waals surface area (Å²) in [6, 6.07) is 11.8. The minimum absolute atomic E-state index is 0.0816. The summed E-state index contributed by atoms with van der Waals surface area (Å²) in [4.78, 5) is 43.9. The smallest absolute Gasteiger partial charge is 0.369 e. The second kappa shape index (κ2) is 12.0. The van der Waals surface area contributed by atoms with Gasteiger partial charge in [-0.1, -0.05) is 30.3 Å². The number of hydrogen-bond donors (Lipinski definition) is 2. The summed E-state index contributed by atoms with van der Waals surface area (Å²) in [6.07, 6.45) is -16.6. The number of primary amides is 1. The molecule has 3 N–H and O–H groups in total. The zero-order valence-corrected chi connectivity index (χ0v) is 21.0. The first-order valence-electron chi connectivity index (χ1n) is 12.0. The fraction of sp³-hybridized carbons (Fsp3) is 0.385. The number of anilines is 1. The van der Waals surface area contributed by atoms with Crippen molar-refractivity contribution in [3.05, 3.63) is 65.5 Å². The highest BCUT2D eigenvalue weighted by atomic mass is 19.4. The first kappa shape index (κ1) is 30.6. The maximum Gasteiger partial charge on any atom is 0.389 e. The van der Waals surface area contributed by atoms with Crippen LogP contribution in [-0.2, 0) is 14.4 Å². The second-order valence-corrected chi connectivity index (χ2v) is 9.24. The largest absolute Gasteiger partial charge is 0.389 e. The maximum atomic E-state index is 14.1. The van der Waals surface area contributed by atoms with Gasteiger partial charge in [-0.25, -0.2) is 9.38 Å². The van der Waals surface area contributed by atoms with Crippen molar-refractivity contribution in [3.8, 4) is 0 Å².